The molecule has 1 atom stereocenters. The van der Waals surface area contributed by atoms with Crippen molar-refractivity contribution in [2.75, 3.05) is 7.05 Å². The average molecular weight is 416 g/mol. The lowest BCUT2D eigenvalue weighted by molar-refractivity contribution is -0.133. The van der Waals surface area contributed by atoms with Crippen LogP contribution in [-0.2, 0) is 11.3 Å². The van der Waals surface area contributed by atoms with Crippen LogP contribution in [0.3, 0.4) is 0 Å². The molecular weight excluding hydrogens is 382 g/mol. The van der Waals surface area contributed by atoms with Crippen molar-refractivity contribution in [3.05, 3.63) is 18.5 Å². The molecule has 158 valence electrons. The Hall–Kier alpha value is -1.81. The summed E-state index contributed by atoms with van der Waals surface area (Å²) in [6.45, 7) is 6.45. The molecule has 7 heteroatoms. The maximum Gasteiger partial charge on any atom is 0.236 e. The summed E-state index contributed by atoms with van der Waals surface area (Å²) < 4.78 is 2.12. The highest BCUT2D eigenvalue weighted by atomic mass is 32.2. The molecule has 0 aromatic carbocycles. The second-order valence-corrected chi connectivity index (χ2v) is 9.74. The van der Waals surface area contributed by atoms with Gasteiger partial charge in [0.1, 0.15) is 11.4 Å². The molecule has 2 fully saturated rings. The Morgan fingerprint density at radius 3 is 2.59 bits per heavy atom. The molecule has 1 aromatic rings. The molecule has 29 heavy (non-hydrogen) atoms. The number of nitriles is 1. The number of nitrogens with zero attached hydrogens (tertiary/aromatic N) is 5. The largest absolute Gasteiger partial charge is 0.326 e. The Labute approximate surface area is 178 Å². The van der Waals surface area contributed by atoms with Gasteiger partial charge in [0.25, 0.3) is 0 Å². The number of aromatic nitrogens is 3. The molecule has 2 aliphatic carbocycles. The minimum Gasteiger partial charge on any atom is -0.326 e. The third-order valence-corrected chi connectivity index (χ3v) is 7.59. The van der Waals surface area contributed by atoms with E-state index in [9.17, 15) is 10.1 Å². The second kappa shape index (κ2) is 9.80. The smallest absolute Gasteiger partial charge is 0.236 e. The highest BCUT2D eigenvalue weighted by Crippen LogP contribution is 2.36. The maximum atomic E-state index is 13.2. The molecule has 2 saturated carbocycles. The predicted octanol–water partition coefficient (Wildman–Crippen LogP) is 4.68. The Morgan fingerprint density at radius 2 is 1.97 bits per heavy atom. The van der Waals surface area contributed by atoms with Gasteiger partial charge in [-0.25, -0.2) is 0 Å². The number of thioether (sulfide) groups is 1. The van der Waals surface area contributed by atoms with E-state index in [1.807, 2.05) is 13.0 Å². The van der Waals surface area contributed by atoms with Crippen molar-refractivity contribution in [3.63, 3.8) is 0 Å². The molecule has 1 amide bonds. The fourth-order valence-electron chi connectivity index (χ4n) is 4.70. The van der Waals surface area contributed by atoms with Crippen LogP contribution in [0.2, 0.25) is 0 Å². The van der Waals surface area contributed by atoms with Crippen molar-refractivity contribution in [1.29, 1.82) is 5.26 Å². The van der Waals surface area contributed by atoms with E-state index in [1.54, 1.807) is 11.9 Å². The van der Waals surface area contributed by atoms with Crippen LogP contribution >= 0.6 is 11.8 Å². The summed E-state index contributed by atoms with van der Waals surface area (Å²) in [4.78, 5) is 14.9. The summed E-state index contributed by atoms with van der Waals surface area (Å²) >= 11 is 1.45. The summed E-state index contributed by atoms with van der Waals surface area (Å²) in [5.41, 5.74) is -0.661. The molecule has 1 heterocycles. The number of hydrogen-bond donors (Lipinski definition) is 0. The third kappa shape index (κ3) is 4.69. The highest BCUT2D eigenvalue weighted by Gasteiger charge is 2.40. The number of allylic oxidation sites excluding steroid dienone is 1. The van der Waals surface area contributed by atoms with Crippen molar-refractivity contribution >= 4 is 17.7 Å². The summed E-state index contributed by atoms with van der Waals surface area (Å²) in [7, 11) is 1.79. The van der Waals surface area contributed by atoms with Gasteiger partial charge in [-0.3, -0.25) is 4.79 Å². The van der Waals surface area contributed by atoms with Gasteiger partial charge in [-0.15, -0.1) is 16.8 Å². The van der Waals surface area contributed by atoms with Crippen LogP contribution in [0.5, 0.6) is 0 Å². The van der Waals surface area contributed by atoms with Crippen molar-refractivity contribution in [2.24, 2.45) is 0 Å². The lowest BCUT2D eigenvalue weighted by Crippen LogP contribution is -2.52. The SMILES string of the molecule is C=CCn1c(S[C@H](C)C(=O)N(C)C2(C#N)CCCCC2)nnc1C1CCCCC1. The lowest BCUT2D eigenvalue weighted by Gasteiger charge is -2.40. The molecule has 0 spiro atoms. The first-order valence-corrected chi connectivity index (χ1v) is 11.8. The fraction of sp³-hybridized carbons (Fsp3) is 0.727. The third-order valence-electron chi connectivity index (χ3n) is 6.52. The molecule has 6 nitrogen and oxygen atoms in total. The first-order valence-electron chi connectivity index (χ1n) is 10.9. The topological polar surface area (TPSA) is 74.8 Å². The number of carbonyl (C=O) groups is 1. The van der Waals surface area contributed by atoms with Crippen LogP contribution < -0.4 is 0 Å². The molecule has 0 unspecified atom stereocenters. The average Bonchev–Trinajstić information content (AvgIpc) is 3.16. The number of amides is 1. The van der Waals surface area contributed by atoms with Crippen molar-refractivity contribution in [1.82, 2.24) is 19.7 Å². The summed E-state index contributed by atoms with van der Waals surface area (Å²) in [6.07, 6.45) is 12.6. The molecular formula is C22H33N5OS. The van der Waals surface area contributed by atoms with E-state index in [1.165, 1.54) is 31.0 Å². The van der Waals surface area contributed by atoms with Gasteiger partial charge < -0.3 is 9.47 Å². The van der Waals surface area contributed by atoms with E-state index in [0.717, 1.165) is 55.9 Å². The van der Waals surface area contributed by atoms with E-state index < -0.39 is 5.54 Å². The van der Waals surface area contributed by atoms with E-state index in [0.29, 0.717) is 12.5 Å². The van der Waals surface area contributed by atoms with Gasteiger partial charge in [-0.2, -0.15) is 5.26 Å². The molecule has 1 aromatic heterocycles. The molecule has 0 saturated heterocycles. The Kier molecular flexibility index (Phi) is 7.39. The van der Waals surface area contributed by atoms with Gasteiger partial charge in [0.05, 0.1) is 11.3 Å². The highest BCUT2D eigenvalue weighted by molar-refractivity contribution is 8.00. The standard InChI is InChI=1S/C22H33N5OS/c1-4-15-27-19(18-11-7-5-8-12-18)24-25-21(27)29-17(2)20(28)26(3)22(16-23)13-9-6-10-14-22/h4,17-18H,1,5-15H2,2-3H3/t17-/m1/s1. The molecule has 0 N–H and O–H groups in total. The number of hydrogen-bond acceptors (Lipinski definition) is 5. The zero-order chi connectivity index (χ0) is 20.9. The fourth-order valence-corrected chi connectivity index (χ4v) is 5.66. The van der Waals surface area contributed by atoms with E-state index in [2.05, 4.69) is 27.4 Å². The Morgan fingerprint density at radius 1 is 1.31 bits per heavy atom. The van der Waals surface area contributed by atoms with Gasteiger partial charge >= 0.3 is 0 Å². The van der Waals surface area contributed by atoms with Crippen LogP contribution in [0.1, 0.15) is 82.9 Å². The van der Waals surface area contributed by atoms with Crippen LogP contribution in [0.15, 0.2) is 17.8 Å². The molecule has 3 rings (SSSR count). The van der Waals surface area contributed by atoms with Crippen molar-refractivity contribution in [2.45, 2.75) is 99.5 Å². The summed E-state index contributed by atoms with van der Waals surface area (Å²) in [5, 5.41) is 19.2. The molecule has 0 bridgehead atoms. The number of carbonyl (C=O) groups excluding carboxylic acids is 1. The van der Waals surface area contributed by atoms with Crippen LogP contribution in [-0.4, -0.2) is 43.4 Å². The van der Waals surface area contributed by atoms with Crippen molar-refractivity contribution < 1.29 is 4.79 Å². The zero-order valence-electron chi connectivity index (χ0n) is 17.8. The van der Waals surface area contributed by atoms with Gasteiger partial charge in [0, 0.05) is 19.5 Å². The molecule has 2 aliphatic rings. The van der Waals surface area contributed by atoms with Gasteiger partial charge in [-0.1, -0.05) is 56.4 Å². The quantitative estimate of drug-likeness (QED) is 0.477. The monoisotopic (exact) mass is 415 g/mol. The van der Waals surface area contributed by atoms with Crippen molar-refractivity contribution in [3.8, 4) is 6.07 Å². The van der Waals surface area contributed by atoms with E-state index in [4.69, 9.17) is 0 Å². The van der Waals surface area contributed by atoms with E-state index in [-0.39, 0.29) is 11.2 Å². The first kappa shape index (κ1) is 21.9. The van der Waals surface area contributed by atoms with Crippen LogP contribution in [0.25, 0.3) is 0 Å². The molecule has 0 aliphatic heterocycles. The summed E-state index contributed by atoms with van der Waals surface area (Å²) in [6, 6.07) is 2.45. The minimum absolute atomic E-state index is 0.00850. The zero-order valence-corrected chi connectivity index (χ0v) is 18.6. The van der Waals surface area contributed by atoms with Crippen LogP contribution in [0, 0.1) is 11.3 Å². The summed E-state index contributed by atoms with van der Waals surface area (Å²) in [5.74, 6) is 1.47. The van der Waals surface area contributed by atoms with Gasteiger partial charge in [0.2, 0.25) is 5.91 Å². The minimum atomic E-state index is -0.661. The first-order chi connectivity index (χ1) is 14.0. The Balaban J connectivity index is 1.74. The lowest BCUT2D eigenvalue weighted by atomic mass is 9.81. The van der Waals surface area contributed by atoms with E-state index >= 15 is 0 Å². The number of rotatable bonds is 7. The van der Waals surface area contributed by atoms with Gasteiger partial charge in [-0.05, 0) is 32.6 Å². The van der Waals surface area contributed by atoms with Crippen LogP contribution in [0.4, 0.5) is 0 Å². The normalized spacial score (nSPS) is 20.6. The Bertz CT molecular complexity index is 756. The maximum absolute atomic E-state index is 13.2. The molecule has 0 radical (unpaired) electrons. The second-order valence-electron chi connectivity index (χ2n) is 8.44. The predicted molar refractivity (Wildman–Crippen MR) is 116 cm³/mol. The van der Waals surface area contributed by atoms with Gasteiger partial charge in [0.15, 0.2) is 5.16 Å².